The molecule has 2 amide bonds. The molecule has 0 radical (unpaired) electrons. The molecule has 0 aliphatic carbocycles. The lowest BCUT2D eigenvalue weighted by Gasteiger charge is -2.32. The summed E-state index contributed by atoms with van der Waals surface area (Å²) >= 11 is 0. The Bertz CT molecular complexity index is 949. The highest BCUT2D eigenvalue weighted by Gasteiger charge is 2.53. The van der Waals surface area contributed by atoms with Crippen molar-refractivity contribution in [2.24, 2.45) is 5.41 Å². The van der Waals surface area contributed by atoms with Gasteiger partial charge in [-0.3, -0.25) is 14.4 Å². The molecule has 0 spiro atoms. The summed E-state index contributed by atoms with van der Waals surface area (Å²) in [6, 6.07) is 6.16. The average molecular weight is 500 g/mol. The Kier molecular flexibility index (Phi) is 8.17. The fourth-order valence-electron chi connectivity index (χ4n) is 5.82. The number of Topliss-reactive ketones (excluding diaryl/α,β-unsaturated/α-hetero) is 1. The van der Waals surface area contributed by atoms with Crippen LogP contribution < -0.4 is 5.32 Å². The first kappa shape index (κ1) is 26.8. The quantitative estimate of drug-likeness (QED) is 0.598. The number of ether oxygens (including phenoxy) is 1. The predicted molar refractivity (Wildman–Crippen MR) is 137 cm³/mol. The highest BCUT2D eigenvalue weighted by Crippen LogP contribution is 2.31. The van der Waals surface area contributed by atoms with Gasteiger partial charge in [0.1, 0.15) is 30.9 Å². The number of carbonyl (C=O) groups excluding carboxylic acids is 3. The molecule has 0 bridgehead atoms. The topological polar surface area (TPSA) is 99.2 Å². The van der Waals surface area contributed by atoms with Gasteiger partial charge < -0.3 is 25.0 Å². The first-order chi connectivity index (χ1) is 17.1. The minimum absolute atomic E-state index is 0.0300. The van der Waals surface area contributed by atoms with Crippen LogP contribution in [-0.2, 0) is 14.3 Å². The lowest BCUT2D eigenvalue weighted by atomic mass is 9.87. The van der Waals surface area contributed by atoms with E-state index in [0.29, 0.717) is 17.9 Å². The Morgan fingerprint density at radius 1 is 1.17 bits per heavy atom. The smallest absolute Gasteiger partial charge is 0.251 e. The molecule has 8 nitrogen and oxygen atoms in total. The second-order valence-electron chi connectivity index (χ2n) is 11.8. The SMILES string of the molecule is CCCN1CCC(c2ccc(C(=O)NC(CC(C)(C)C)C(=O)N3C[C@H](O)[C@H]4OCC(=O)[C@H]43)cc2)CC1. The molecule has 36 heavy (non-hydrogen) atoms. The second kappa shape index (κ2) is 11.0. The summed E-state index contributed by atoms with van der Waals surface area (Å²) in [6.45, 7) is 11.5. The van der Waals surface area contributed by atoms with E-state index in [1.807, 2.05) is 45.0 Å². The Morgan fingerprint density at radius 2 is 1.83 bits per heavy atom. The number of hydrogen-bond donors (Lipinski definition) is 2. The number of likely N-dealkylation sites (tertiary alicyclic amines) is 2. The minimum Gasteiger partial charge on any atom is -0.388 e. The summed E-state index contributed by atoms with van der Waals surface area (Å²) in [7, 11) is 0. The number of aliphatic hydroxyl groups excluding tert-OH is 1. The molecule has 1 aromatic rings. The second-order valence-corrected chi connectivity index (χ2v) is 11.8. The van der Waals surface area contributed by atoms with Crippen molar-refractivity contribution in [3.05, 3.63) is 35.4 Å². The monoisotopic (exact) mass is 499 g/mol. The fourth-order valence-corrected chi connectivity index (χ4v) is 5.82. The molecule has 3 heterocycles. The number of β-amino-alcohol motifs (C(OH)–C–C–N with tert-alkyl or cyclic N) is 1. The van der Waals surface area contributed by atoms with Gasteiger partial charge in [-0.1, -0.05) is 39.8 Å². The van der Waals surface area contributed by atoms with E-state index < -0.39 is 24.3 Å². The minimum atomic E-state index is -0.905. The zero-order chi connectivity index (χ0) is 26.0. The van der Waals surface area contributed by atoms with Gasteiger partial charge in [0, 0.05) is 5.56 Å². The summed E-state index contributed by atoms with van der Waals surface area (Å²) < 4.78 is 5.41. The van der Waals surface area contributed by atoms with Crippen LogP contribution >= 0.6 is 0 Å². The van der Waals surface area contributed by atoms with E-state index in [4.69, 9.17) is 4.74 Å². The van der Waals surface area contributed by atoms with Gasteiger partial charge in [-0.2, -0.15) is 0 Å². The van der Waals surface area contributed by atoms with Gasteiger partial charge in [0.05, 0.1) is 6.54 Å². The number of nitrogens with one attached hydrogen (secondary N) is 1. The van der Waals surface area contributed by atoms with E-state index in [9.17, 15) is 19.5 Å². The summed E-state index contributed by atoms with van der Waals surface area (Å²) in [5.41, 5.74) is 1.52. The van der Waals surface area contributed by atoms with Crippen LogP contribution in [0.4, 0.5) is 0 Å². The van der Waals surface area contributed by atoms with E-state index >= 15 is 0 Å². The van der Waals surface area contributed by atoms with E-state index in [1.165, 1.54) is 16.9 Å². The molecular weight excluding hydrogens is 458 g/mol. The number of benzene rings is 1. The molecule has 0 aromatic heterocycles. The van der Waals surface area contributed by atoms with Crippen LogP contribution in [-0.4, -0.2) is 89.6 Å². The van der Waals surface area contributed by atoms with Gasteiger partial charge in [-0.25, -0.2) is 0 Å². The molecule has 1 aromatic carbocycles. The predicted octanol–water partition coefficient (Wildman–Crippen LogP) is 2.35. The molecule has 3 aliphatic rings. The van der Waals surface area contributed by atoms with Crippen LogP contribution in [0, 0.1) is 5.41 Å². The number of hydrogen-bond acceptors (Lipinski definition) is 6. The zero-order valence-corrected chi connectivity index (χ0v) is 22.0. The van der Waals surface area contributed by atoms with Crippen molar-refractivity contribution in [3.63, 3.8) is 0 Å². The number of carbonyl (C=O) groups is 3. The summed E-state index contributed by atoms with van der Waals surface area (Å²) in [5.74, 6) is -0.362. The van der Waals surface area contributed by atoms with E-state index in [2.05, 4.69) is 17.1 Å². The first-order valence-electron chi connectivity index (χ1n) is 13.3. The molecule has 3 saturated heterocycles. The number of aliphatic hydroxyl groups is 1. The fraction of sp³-hybridized carbons (Fsp3) is 0.679. The van der Waals surface area contributed by atoms with Crippen molar-refractivity contribution in [2.75, 3.05) is 32.8 Å². The maximum absolute atomic E-state index is 13.5. The number of ketones is 1. The summed E-state index contributed by atoms with van der Waals surface area (Å²) in [6.07, 6.45) is 2.24. The lowest BCUT2D eigenvalue weighted by Crippen LogP contribution is -2.53. The largest absolute Gasteiger partial charge is 0.388 e. The van der Waals surface area contributed by atoms with Crippen molar-refractivity contribution in [1.29, 1.82) is 0 Å². The maximum atomic E-state index is 13.5. The van der Waals surface area contributed by atoms with E-state index in [1.54, 1.807) is 0 Å². The Hall–Kier alpha value is -2.29. The first-order valence-corrected chi connectivity index (χ1v) is 13.3. The zero-order valence-electron chi connectivity index (χ0n) is 22.0. The van der Waals surface area contributed by atoms with Gasteiger partial charge in [0.15, 0.2) is 5.78 Å². The van der Waals surface area contributed by atoms with Crippen LogP contribution in [0.1, 0.15) is 75.2 Å². The third-order valence-corrected chi connectivity index (χ3v) is 7.63. The molecule has 1 unspecified atom stereocenters. The van der Waals surface area contributed by atoms with Crippen molar-refractivity contribution >= 4 is 17.6 Å². The van der Waals surface area contributed by atoms with Crippen LogP contribution in [0.25, 0.3) is 0 Å². The highest BCUT2D eigenvalue weighted by atomic mass is 16.5. The molecule has 3 fully saturated rings. The van der Waals surface area contributed by atoms with Crippen molar-refractivity contribution < 1.29 is 24.2 Å². The molecule has 0 saturated carbocycles. The summed E-state index contributed by atoms with van der Waals surface area (Å²) in [5, 5.41) is 13.2. The van der Waals surface area contributed by atoms with Crippen LogP contribution in [0.3, 0.4) is 0 Å². The van der Waals surface area contributed by atoms with Gasteiger partial charge in [0.2, 0.25) is 5.91 Å². The molecule has 3 aliphatic heterocycles. The molecule has 4 atom stereocenters. The number of amides is 2. The Balaban J connectivity index is 1.43. The van der Waals surface area contributed by atoms with Crippen LogP contribution in [0.2, 0.25) is 0 Å². The van der Waals surface area contributed by atoms with Crippen molar-refractivity contribution in [1.82, 2.24) is 15.1 Å². The van der Waals surface area contributed by atoms with E-state index in [-0.39, 0.29) is 36.2 Å². The molecule has 4 rings (SSSR count). The number of piperidine rings is 1. The Morgan fingerprint density at radius 3 is 2.44 bits per heavy atom. The number of nitrogens with zero attached hydrogens (tertiary/aromatic N) is 2. The number of fused-ring (bicyclic) bond motifs is 1. The molecule has 198 valence electrons. The average Bonchev–Trinajstić information content (AvgIpc) is 3.38. The van der Waals surface area contributed by atoms with Crippen molar-refractivity contribution in [3.8, 4) is 0 Å². The lowest BCUT2D eigenvalue weighted by molar-refractivity contribution is -0.138. The summed E-state index contributed by atoms with van der Waals surface area (Å²) in [4.78, 5) is 43.0. The third-order valence-electron chi connectivity index (χ3n) is 7.63. The van der Waals surface area contributed by atoms with Crippen molar-refractivity contribution in [2.45, 2.75) is 83.6 Å². The standard InChI is InChI=1S/C28H41N3O5/c1-5-12-30-13-10-19(11-14-30)18-6-8-20(9-7-18)26(34)29-21(15-28(2,3)4)27(35)31-16-22(32)25-24(31)23(33)17-36-25/h6-9,19,21-22,24-25,32H,5,10-17H2,1-4H3,(H,29,34)/t21?,22-,24+,25+/m0/s1. The van der Waals surface area contributed by atoms with Crippen LogP contribution in [0.5, 0.6) is 0 Å². The molecule has 8 heteroatoms. The van der Waals surface area contributed by atoms with Crippen LogP contribution in [0.15, 0.2) is 24.3 Å². The normalized spacial score (nSPS) is 26.2. The van der Waals surface area contributed by atoms with Gasteiger partial charge >= 0.3 is 0 Å². The maximum Gasteiger partial charge on any atom is 0.251 e. The van der Waals surface area contributed by atoms with Gasteiger partial charge in [-0.15, -0.1) is 0 Å². The number of rotatable bonds is 7. The molecule has 2 N–H and O–H groups in total. The molecular formula is C28H41N3O5. The van der Waals surface area contributed by atoms with Gasteiger partial charge in [0.25, 0.3) is 5.91 Å². The van der Waals surface area contributed by atoms with Gasteiger partial charge in [-0.05, 0) is 74.3 Å². The third kappa shape index (κ3) is 5.98. The highest BCUT2D eigenvalue weighted by molar-refractivity contribution is 5.99. The Labute approximate surface area is 214 Å². The van der Waals surface area contributed by atoms with E-state index in [0.717, 1.165) is 32.5 Å².